The Labute approximate surface area is 161 Å². The number of hydrogen-bond acceptors (Lipinski definition) is 4. The largest absolute Gasteiger partial charge is 0.375 e. The molecule has 0 bridgehead atoms. The smallest absolute Gasteiger partial charge is 0.253 e. The van der Waals surface area contributed by atoms with Gasteiger partial charge < -0.3 is 20.3 Å². The maximum Gasteiger partial charge on any atom is 0.253 e. The Morgan fingerprint density at radius 2 is 1.81 bits per heavy atom. The number of likely N-dealkylation sites (tertiary alicyclic amines) is 1. The highest BCUT2D eigenvalue weighted by Gasteiger charge is 2.28. The first kappa shape index (κ1) is 20.7. The lowest BCUT2D eigenvalue weighted by molar-refractivity contribution is -0.123. The molecular weight excluding hydrogens is 354 g/mol. The number of hydrogen-bond donors (Lipinski definition) is 2. The number of piperidine rings is 1. The first-order chi connectivity index (χ1) is 12.0. The molecule has 0 radical (unpaired) electrons. The van der Waals surface area contributed by atoms with Crippen LogP contribution in [0.25, 0.3) is 0 Å². The first-order valence-corrected chi connectivity index (χ1v) is 9.10. The molecule has 2 fully saturated rings. The number of nitrogens with zero attached hydrogens (tertiary/aromatic N) is 1. The van der Waals surface area contributed by atoms with Crippen LogP contribution in [-0.2, 0) is 9.53 Å². The number of halogens is 1. The third kappa shape index (κ3) is 4.96. The number of carbonyl (C=O) groups is 2. The van der Waals surface area contributed by atoms with Crippen LogP contribution in [0.1, 0.15) is 37.0 Å². The van der Waals surface area contributed by atoms with Crippen molar-refractivity contribution in [2.75, 3.05) is 31.6 Å². The van der Waals surface area contributed by atoms with E-state index in [2.05, 4.69) is 17.6 Å². The number of rotatable bonds is 3. The van der Waals surface area contributed by atoms with Crippen LogP contribution in [-0.4, -0.2) is 55.1 Å². The summed E-state index contributed by atoms with van der Waals surface area (Å²) in [4.78, 5) is 26.8. The second kappa shape index (κ2) is 9.35. The van der Waals surface area contributed by atoms with Gasteiger partial charge in [0.1, 0.15) is 6.04 Å². The molecule has 0 saturated carbocycles. The molecule has 2 heterocycles. The molecule has 0 unspecified atom stereocenters. The zero-order valence-electron chi connectivity index (χ0n) is 15.4. The summed E-state index contributed by atoms with van der Waals surface area (Å²) in [7, 11) is 0. The topological polar surface area (TPSA) is 70.7 Å². The molecule has 6 nitrogen and oxygen atoms in total. The second-order valence-corrected chi connectivity index (χ2v) is 7.05. The van der Waals surface area contributed by atoms with Gasteiger partial charge in [-0.3, -0.25) is 9.59 Å². The quantitative estimate of drug-likeness (QED) is 0.842. The van der Waals surface area contributed by atoms with Crippen molar-refractivity contribution in [2.24, 2.45) is 5.92 Å². The maximum atomic E-state index is 12.5. The first-order valence-electron chi connectivity index (χ1n) is 9.10. The minimum Gasteiger partial charge on any atom is -0.375 e. The fourth-order valence-electron chi connectivity index (χ4n) is 3.34. The van der Waals surface area contributed by atoms with Crippen LogP contribution < -0.4 is 10.6 Å². The van der Waals surface area contributed by atoms with Crippen LogP contribution in [0.4, 0.5) is 5.69 Å². The highest BCUT2D eigenvalue weighted by molar-refractivity contribution is 5.97. The summed E-state index contributed by atoms with van der Waals surface area (Å²) >= 11 is 0. The molecule has 2 atom stereocenters. The molecule has 144 valence electrons. The van der Waals surface area contributed by atoms with Crippen molar-refractivity contribution in [1.29, 1.82) is 0 Å². The lowest BCUT2D eigenvalue weighted by atomic mass is 9.98. The van der Waals surface area contributed by atoms with Crippen LogP contribution >= 0.6 is 12.4 Å². The Morgan fingerprint density at radius 3 is 2.42 bits per heavy atom. The highest BCUT2D eigenvalue weighted by atomic mass is 35.5. The molecule has 0 aromatic heterocycles. The summed E-state index contributed by atoms with van der Waals surface area (Å²) in [6.07, 6.45) is 1.97. The van der Waals surface area contributed by atoms with Crippen molar-refractivity contribution in [1.82, 2.24) is 10.2 Å². The molecule has 26 heavy (non-hydrogen) atoms. The van der Waals surface area contributed by atoms with Crippen molar-refractivity contribution < 1.29 is 14.3 Å². The zero-order valence-corrected chi connectivity index (χ0v) is 16.2. The van der Waals surface area contributed by atoms with Gasteiger partial charge in [-0.1, -0.05) is 6.92 Å². The SMILES string of the molecule is CC1CCN(C(=O)c2ccc(NC(=O)[C@H]3NCCO[C@@H]3C)cc2)CC1.Cl. The van der Waals surface area contributed by atoms with Crippen LogP contribution in [0, 0.1) is 5.92 Å². The average molecular weight is 382 g/mol. The van der Waals surface area contributed by atoms with Crippen molar-refractivity contribution in [3.05, 3.63) is 29.8 Å². The minimum atomic E-state index is -0.356. The summed E-state index contributed by atoms with van der Waals surface area (Å²) in [5, 5.41) is 6.05. The van der Waals surface area contributed by atoms with Gasteiger partial charge in [0.2, 0.25) is 5.91 Å². The van der Waals surface area contributed by atoms with E-state index in [4.69, 9.17) is 4.74 Å². The highest BCUT2D eigenvalue weighted by Crippen LogP contribution is 2.19. The van der Waals surface area contributed by atoms with Crippen molar-refractivity contribution in [3.8, 4) is 0 Å². The number of morpholine rings is 1. The number of carbonyl (C=O) groups excluding carboxylic acids is 2. The Balaban J connectivity index is 0.00000243. The molecule has 2 saturated heterocycles. The lowest BCUT2D eigenvalue weighted by Gasteiger charge is -2.30. The molecule has 1 aromatic carbocycles. The minimum absolute atomic E-state index is 0. The van der Waals surface area contributed by atoms with Gasteiger partial charge in [0.05, 0.1) is 12.7 Å². The predicted octanol–water partition coefficient (Wildman–Crippen LogP) is 2.30. The Morgan fingerprint density at radius 1 is 1.15 bits per heavy atom. The summed E-state index contributed by atoms with van der Waals surface area (Å²) in [6, 6.07) is 6.78. The average Bonchev–Trinajstić information content (AvgIpc) is 2.63. The zero-order chi connectivity index (χ0) is 17.8. The van der Waals surface area contributed by atoms with E-state index in [1.165, 1.54) is 0 Å². The number of ether oxygens (including phenoxy) is 1. The van der Waals surface area contributed by atoms with Gasteiger partial charge in [-0.2, -0.15) is 0 Å². The molecule has 2 aliphatic rings. The number of amides is 2. The third-order valence-electron chi connectivity index (χ3n) is 5.07. The lowest BCUT2D eigenvalue weighted by Crippen LogP contribution is -2.53. The van der Waals surface area contributed by atoms with E-state index in [-0.39, 0.29) is 36.4 Å². The predicted molar refractivity (Wildman–Crippen MR) is 104 cm³/mol. The molecule has 7 heteroatoms. The van der Waals surface area contributed by atoms with Gasteiger partial charge in [-0.25, -0.2) is 0 Å². The van der Waals surface area contributed by atoms with Crippen molar-refractivity contribution >= 4 is 29.9 Å². The number of anilines is 1. The number of nitrogens with one attached hydrogen (secondary N) is 2. The second-order valence-electron chi connectivity index (χ2n) is 7.05. The monoisotopic (exact) mass is 381 g/mol. The van der Waals surface area contributed by atoms with Gasteiger partial charge >= 0.3 is 0 Å². The third-order valence-corrected chi connectivity index (χ3v) is 5.07. The summed E-state index contributed by atoms with van der Waals surface area (Å²) in [6.45, 7) is 7.05. The Bertz CT molecular complexity index is 615. The van der Waals surface area contributed by atoms with E-state index >= 15 is 0 Å². The standard InChI is InChI=1S/C19H27N3O3.ClH/c1-13-7-10-22(11-8-13)19(24)15-3-5-16(6-4-15)21-18(23)17-14(2)25-12-9-20-17;/h3-6,13-14,17,20H,7-12H2,1-2H3,(H,21,23);1H/t14-,17+;/m1./s1. The van der Waals surface area contributed by atoms with Crippen LogP contribution in [0.2, 0.25) is 0 Å². The normalized spacial score (nSPS) is 23.8. The van der Waals surface area contributed by atoms with E-state index in [0.717, 1.165) is 25.9 Å². The van der Waals surface area contributed by atoms with Crippen LogP contribution in [0.3, 0.4) is 0 Å². The van der Waals surface area contributed by atoms with Crippen LogP contribution in [0.15, 0.2) is 24.3 Å². The summed E-state index contributed by atoms with van der Waals surface area (Å²) in [5.41, 5.74) is 1.36. The molecule has 2 N–H and O–H groups in total. The van der Waals surface area contributed by atoms with Gasteiger partial charge in [0, 0.05) is 30.9 Å². The van der Waals surface area contributed by atoms with E-state index < -0.39 is 0 Å². The molecule has 0 spiro atoms. The molecule has 2 aliphatic heterocycles. The molecular formula is C19H28ClN3O3. The van der Waals surface area contributed by atoms with Gasteiger partial charge in [0.25, 0.3) is 5.91 Å². The summed E-state index contributed by atoms with van der Waals surface area (Å²) < 4.78 is 5.50. The van der Waals surface area contributed by atoms with Gasteiger partial charge in [-0.15, -0.1) is 12.4 Å². The molecule has 2 amide bonds. The number of benzene rings is 1. The van der Waals surface area contributed by atoms with E-state index in [0.29, 0.717) is 30.3 Å². The maximum absolute atomic E-state index is 12.5. The van der Waals surface area contributed by atoms with Gasteiger partial charge in [0.15, 0.2) is 0 Å². The molecule has 1 aromatic rings. The molecule has 0 aliphatic carbocycles. The fourth-order valence-corrected chi connectivity index (χ4v) is 3.34. The van der Waals surface area contributed by atoms with E-state index in [1.54, 1.807) is 24.3 Å². The Kier molecular flexibility index (Phi) is 7.43. The van der Waals surface area contributed by atoms with Gasteiger partial charge in [-0.05, 0) is 49.9 Å². The van der Waals surface area contributed by atoms with Crippen molar-refractivity contribution in [3.63, 3.8) is 0 Å². The summed E-state index contributed by atoms with van der Waals surface area (Å²) in [5.74, 6) is 0.651. The van der Waals surface area contributed by atoms with E-state index in [9.17, 15) is 9.59 Å². The Hall–Kier alpha value is -1.63. The fraction of sp³-hybridized carbons (Fsp3) is 0.579. The van der Waals surface area contributed by atoms with Crippen LogP contribution in [0.5, 0.6) is 0 Å². The van der Waals surface area contributed by atoms with Crippen molar-refractivity contribution in [2.45, 2.75) is 38.8 Å². The van der Waals surface area contributed by atoms with E-state index in [1.807, 2.05) is 11.8 Å². The molecule has 3 rings (SSSR count).